The first-order chi connectivity index (χ1) is 8.72. The lowest BCUT2D eigenvalue weighted by molar-refractivity contribution is 0.0947. The van der Waals surface area contributed by atoms with Crippen LogP contribution in [-0.2, 0) is 6.54 Å². The molecule has 0 spiro atoms. The summed E-state index contributed by atoms with van der Waals surface area (Å²) in [7, 11) is 0. The summed E-state index contributed by atoms with van der Waals surface area (Å²) in [5.74, 6) is 1.13. The molecule has 2 rings (SSSR count). The van der Waals surface area contributed by atoms with Crippen molar-refractivity contribution < 1.29 is 9.21 Å². The molecular weight excluding hydrogens is 230 g/mol. The van der Waals surface area contributed by atoms with Gasteiger partial charge in [0.05, 0.1) is 12.1 Å². The summed E-state index contributed by atoms with van der Waals surface area (Å²) in [4.78, 5) is 14.3. The Morgan fingerprint density at radius 1 is 1.67 bits per heavy atom. The fourth-order valence-electron chi connectivity index (χ4n) is 2.31. The molecule has 1 aliphatic rings. The van der Waals surface area contributed by atoms with Crippen LogP contribution in [0, 0.1) is 5.92 Å². The number of furan rings is 1. The van der Waals surface area contributed by atoms with Crippen LogP contribution in [0.1, 0.15) is 29.5 Å². The van der Waals surface area contributed by atoms with E-state index in [-0.39, 0.29) is 5.91 Å². The average molecular weight is 251 g/mol. The Kier molecular flexibility index (Phi) is 4.38. The Balaban J connectivity index is 1.78. The Bertz CT molecular complexity index is 403. The normalized spacial score (nSPS) is 20.2. The monoisotopic (exact) mass is 251 g/mol. The third-order valence-electron chi connectivity index (χ3n) is 3.49. The van der Waals surface area contributed by atoms with Gasteiger partial charge in [-0.1, -0.05) is 6.92 Å². The topological polar surface area (TPSA) is 71.5 Å². The van der Waals surface area contributed by atoms with Crippen LogP contribution in [0.3, 0.4) is 0 Å². The standard InChI is InChI=1S/C13H21N3O2/c1-2-16-4-3-10(8-16)7-15-13(17)11-5-12(6-14)18-9-11/h5,9-10H,2-4,6-8,14H2,1H3,(H,15,17). The SMILES string of the molecule is CCN1CCC(CNC(=O)c2coc(CN)c2)C1. The number of likely N-dealkylation sites (tertiary alicyclic amines) is 1. The minimum atomic E-state index is -0.0756. The van der Waals surface area contributed by atoms with E-state index in [2.05, 4.69) is 17.1 Å². The summed E-state index contributed by atoms with van der Waals surface area (Å²) in [6, 6.07) is 1.70. The Morgan fingerprint density at radius 2 is 2.50 bits per heavy atom. The van der Waals surface area contributed by atoms with Crippen molar-refractivity contribution in [2.24, 2.45) is 11.7 Å². The minimum absolute atomic E-state index is 0.0756. The van der Waals surface area contributed by atoms with Gasteiger partial charge in [0.25, 0.3) is 5.91 Å². The lowest BCUT2D eigenvalue weighted by Crippen LogP contribution is -2.30. The second-order valence-electron chi connectivity index (χ2n) is 4.76. The zero-order valence-electron chi connectivity index (χ0n) is 10.8. The van der Waals surface area contributed by atoms with E-state index in [1.807, 2.05) is 0 Å². The second kappa shape index (κ2) is 6.02. The molecule has 1 saturated heterocycles. The highest BCUT2D eigenvalue weighted by atomic mass is 16.3. The van der Waals surface area contributed by atoms with Gasteiger partial charge in [-0.05, 0) is 31.5 Å². The molecule has 5 nitrogen and oxygen atoms in total. The van der Waals surface area contributed by atoms with Gasteiger partial charge < -0.3 is 20.4 Å². The van der Waals surface area contributed by atoms with Crippen molar-refractivity contribution in [2.75, 3.05) is 26.2 Å². The van der Waals surface area contributed by atoms with Crippen LogP contribution in [0.2, 0.25) is 0 Å². The number of hydrogen-bond donors (Lipinski definition) is 2. The molecule has 1 aromatic heterocycles. The van der Waals surface area contributed by atoms with Crippen LogP contribution in [0.15, 0.2) is 16.7 Å². The number of nitrogens with zero attached hydrogens (tertiary/aromatic N) is 1. The van der Waals surface area contributed by atoms with Crippen molar-refractivity contribution in [3.63, 3.8) is 0 Å². The summed E-state index contributed by atoms with van der Waals surface area (Å²) in [6.07, 6.45) is 2.62. The highest BCUT2D eigenvalue weighted by molar-refractivity contribution is 5.93. The number of hydrogen-bond acceptors (Lipinski definition) is 4. The lowest BCUT2D eigenvalue weighted by atomic mass is 10.1. The van der Waals surface area contributed by atoms with Gasteiger partial charge >= 0.3 is 0 Å². The van der Waals surface area contributed by atoms with E-state index < -0.39 is 0 Å². The maximum Gasteiger partial charge on any atom is 0.254 e. The molecule has 3 N–H and O–H groups in total. The largest absolute Gasteiger partial charge is 0.467 e. The lowest BCUT2D eigenvalue weighted by Gasteiger charge is -2.13. The Morgan fingerprint density at radius 3 is 3.11 bits per heavy atom. The van der Waals surface area contributed by atoms with Gasteiger partial charge in [0.1, 0.15) is 12.0 Å². The van der Waals surface area contributed by atoms with Crippen molar-refractivity contribution in [1.29, 1.82) is 0 Å². The first kappa shape index (κ1) is 13.1. The van der Waals surface area contributed by atoms with E-state index in [9.17, 15) is 4.79 Å². The summed E-state index contributed by atoms with van der Waals surface area (Å²) in [5.41, 5.74) is 5.99. The molecular formula is C13H21N3O2. The molecule has 100 valence electrons. The van der Waals surface area contributed by atoms with Crippen LogP contribution < -0.4 is 11.1 Å². The third kappa shape index (κ3) is 3.11. The highest BCUT2D eigenvalue weighted by Gasteiger charge is 2.21. The quantitative estimate of drug-likeness (QED) is 0.812. The third-order valence-corrected chi connectivity index (χ3v) is 3.49. The molecule has 1 unspecified atom stereocenters. The molecule has 5 heteroatoms. The molecule has 1 atom stereocenters. The molecule has 1 amide bonds. The summed E-state index contributed by atoms with van der Waals surface area (Å²) < 4.78 is 5.15. The van der Waals surface area contributed by atoms with E-state index in [1.54, 1.807) is 6.07 Å². The number of nitrogens with one attached hydrogen (secondary N) is 1. The van der Waals surface area contributed by atoms with Crippen molar-refractivity contribution in [2.45, 2.75) is 19.9 Å². The number of nitrogens with two attached hydrogens (primary N) is 1. The molecule has 18 heavy (non-hydrogen) atoms. The first-order valence-electron chi connectivity index (χ1n) is 6.51. The van der Waals surface area contributed by atoms with Gasteiger partial charge in [0.15, 0.2) is 0 Å². The molecule has 0 bridgehead atoms. The molecule has 2 heterocycles. The molecule has 0 aromatic carbocycles. The van der Waals surface area contributed by atoms with Crippen LogP contribution in [0.5, 0.6) is 0 Å². The fourth-order valence-corrected chi connectivity index (χ4v) is 2.31. The summed E-state index contributed by atoms with van der Waals surface area (Å²) >= 11 is 0. The smallest absolute Gasteiger partial charge is 0.254 e. The fraction of sp³-hybridized carbons (Fsp3) is 0.615. The van der Waals surface area contributed by atoms with Crippen LogP contribution >= 0.6 is 0 Å². The van der Waals surface area contributed by atoms with Crippen LogP contribution in [-0.4, -0.2) is 37.0 Å². The Hall–Kier alpha value is -1.33. The zero-order chi connectivity index (χ0) is 13.0. The highest BCUT2D eigenvalue weighted by Crippen LogP contribution is 2.15. The maximum absolute atomic E-state index is 11.9. The number of rotatable bonds is 5. The predicted molar refractivity (Wildman–Crippen MR) is 69.2 cm³/mol. The van der Waals surface area contributed by atoms with Crippen LogP contribution in [0.25, 0.3) is 0 Å². The molecule has 1 aliphatic heterocycles. The van der Waals surface area contributed by atoms with Gasteiger partial charge in [0.2, 0.25) is 0 Å². The van der Waals surface area contributed by atoms with Crippen molar-refractivity contribution >= 4 is 5.91 Å². The van der Waals surface area contributed by atoms with Gasteiger partial charge in [-0.15, -0.1) is 0 Å². The summed E-state index contributed by atoms with van der Waals surface area (Å²) in [5, 5.41) is 2.96. The van der Waals surface area contributed by atoms with E-state index in [0.717, 1.165) is 32.6 Å². The molecule has 0 aliphatic carbocycles. The predicted octanol–water partition coefficient (Wildman–Crippen LogP) is 0.810. The average Bonchev–Trinajstić information content (AvgIpc) is 3.04. The molecule has 1 fully saturated rings. The van der Waals surface area contributed by atoms with Crippen molar-refractivity contribution in [3.8, 4) is 0 Å². The number of amides is 1. The molecule has 0 saturated carbocycles. The van der Waals surface area contributed by atoms with Gasteiger partial charge in [-0.25, -0.2) is 0 Å². The van der Waals surface area contributed by atoms with Crippen molar-refractivity contribution in [1.82, 2.24) is 10.2 Å². The van der Waals surface area contributed by atoms with E-state index in [0.29, 0.717) is 23.8 Å². The van der Waals surface area contributed by atoms with E-state index in [4.69, 9.17) is 10.2 Å². The second-order valence-corrected chi connectivity index (χ2v) is 4.76. The van der Waals surface area contributed by atoms with Gasteiger partial charge in [-0.3, -0.25) is 4.79 Å². The van der Waals surface area contributed by atoms with E-state index >= 15 is 0 Å². The zero-order valence-corrected chi connectivity index (χ0v) is 10.8. The number of carbonyl (C=O) groups is 1. The number of carbonyl (C=O) groups excluding carboxylic acids is 1. The van der Waals surface area contributed by atoms with E-state index in [1.165, 1.54) is 6.26 Å². The molecule has 1 aromatic rings. The van der Waals surface area contributed by atoms with Crippen molar-refractivity contribution in [3.05, 3.63) is 23.7 Å². The maximum atomic E-state index is 11.9. The minimum Gasteiger partial charge on any atom is -0.467 e. The molecule has 0 radical (unpaired) electrons. The van der Waals surface area contributed by atoms with Gasteiger partial charge in [0, 0.05) is 13.1 Å². The van der Waals surface area contributed by atoms with Gasteiger partial charge in [-0.2, -0.15) is 0 Å². The Labute approximate surface area is 107 Å². The van der Waals surface area contributed by atoms with Crippen LogP contribution in [0.4, 0.5) is 0 Å². The summed E-state index contributed by atoms with van der Waals surface area (Å²) in [6.45, 7) is 6.53. The first-order valence-corrected chi connectivity index (χ1v) is 6.51.